The minimum absolute atomic E-state index is 0.786. The van der Waals surface area contributed by atoms with Gasteiger partial charge in [-0.15, -0.1) is 0 Å². The molecule has 0 spiro atoms. The van der Waals surface area contributed by atoms with Gasteiger partial charge in [0.25, 0.3) is 0 Å². The van der Waals surface area contributed by atoms with Crippen LogP contribution in [0.1, 0.15) is 6.92 Å². The first-order valence-electron chi connectivity index (χ1n) is 4.46. The zero-order valence-corrected chi connectivity index (χ0v) is 9.69. The number of thioether (sulfide) groups is 1. The van der Waals surface area contributed by atoms with E-state index < -0.39 is 5.30 Å². The number of fused-ring (bicyclic) bond motifs is 1. The number of nitrogens with zero attached hydrogens (tertiary/aromatic N) is 1. The summed E-state index contributed by atoms with van der Waals surface area (Å²) in [4.78, 5) is 12.4. The summed E-state index contributed by atoms with van der Waals surface area (Å²) < 4.78 is 1.97. The van der Waals surface area contributed by atoms with Crippen LogP contribution in [0.4, 0.5) is 10.5 Å². The third-order valence-electron chi connectivity index (χ3n) is 1.91. The molecule has 4 nitrogen and oxygen atoms in total. The van der Waals surface area contributed by atoms with Crippen LogP contribution in [-0.2, 0) is 0 Å². The van der Waals surface area contributed by atoms with Gasteiger partial charge in [-0.3, -0.25) is 0 Å². The van der Waals surface area contributed by atoms with Crippen molar-refractivity contribution >= 4 is 34.7 Å². The van der Waals surface area contributed by atoms with Crippen molar-refractivity contribution < 1.29 is 9.90 Å². The topological polar surface area (TPSA) is 52.6 Å². The minimum atomic E-state index is -0.876. The molecule has 1 aromatic rings. The number of anilines is 1. The van der Waals surface area contributed by atoms with Crippen LogP contribution < -0.4 is 5.43 Å². The van der Waals surface area contributed by atoms with E-state index in [4.69, 9.17) is 5.11 Å². The third kappa shape index (κ3) is 2.22. The molecule has 0 unspecified atom stereocenters. The van der Waals surface area contributed by atoms with Crippen molar-refractivity contribution in [3.63, 3.8) is 0 Å². The van der Waals surface area contributed by atoms with Crippen LogP contribution in [0.3, 0.4) is 0 Å². The van der Waals surface area contributed by atoms with Gasteiger partial charge < -0.3 is 10.5 Å². The quantitative estimate of drug-likeness (QED) is 0.614. The Morgan fingerprint density at radius 1 is 1.67 bits per heavy atom. The van der Waals surface area contributed by atoms with E-state index in [0.29, 0.717) is 0 Å². The maximum atomic E-state index is 10.6. The van der Waals surface area contributed by atoms with E-state index in [-0.39, 0.29) is 0 Å². The van der Waals surface area contributed by atoms with E-state index in [2.05, 4.69) is 5.43 Å². The molecule has 1 aliphatic heterocycles. The minimum Gasteiger partial charge on any atom is -0.473 e. The number of hydrazine groups is 1. The largest absolute Gasteiger partial charge is 0.473 e. The highest BCUT2D eigenvalue weighted by molar-refractivity contribution is 8.13. The van der Waals surface area contributed by atoms with Gasteiger partial charge in [-0.2, -0.15) is 4.41 Å². The Morgan fingerprint density at radius 3 is 3.13 bits per heavy atom. The molecule has 0 aromatic heterocycles. The highest BCUT2D eigenvalue weighted by Gasteiger charge is 2.22. The summed E-state index contributed by atoms with van der Waals surface area (Å²) in [5.74, 6) is 0. The average Bonchev–Trinajstić information content (AvgIpc) is 2.61. The number of nitrogens with one attached hydrogen (secondary N) is 1. The summed E-state index contributed by atoms with van der Waals surface area (Å²) in [5.41, 5.74) is 4.17. The number of hydrogen-bond acceptors (Lipinski definition) is 5. The maximum Gasteiger partial charge on any atom is 0.369 e. The zero-order valence-electron chi connectivity index (χ0n) is 8.06. The second-order valence-corrected chi connectivity index (χ2v) is 4.92. The van der Waals surface area contributed by atoms with Crippen LogP contribution in [0, 0.1) is 0 Å². The van der Waals surface area contributed by atoms with Crippen LogP contribution in [0.2, 0.25) is 0 Å². The molecule has 6 heteroatoms. The smallest absolute Gasteiger partial charge is 0.369 e. The second-order valence-electron chi connectivity index (χ2n) is 2.90. The van der Waals surface area contributed by atoms with Crippen molar-refractivity contribution in [3.8, 4) is 0 Å². The Bertz CT molecular complexity index is 398. The fraction of sp³-hybridized carbons (Fsp3) is 0.222. The Balaban J connectivity index is 2.28. The Labute approximate surface area is 96.1 Å². The Morgan fingerprint density at radius 2 is 2.47 bits per heavy atom. The first-order chi connectivity index (χ1) is 7.20. The van der Waals surface area contributed by atoms with Crippen LogP contribution in [0.15, 0.2) is 28.0 Å². The molecular formula is C9H10N2O2S2. The molecule has 0 bridgehead atoms. The van der Waals surface area contributed by atoms with Gasteiger partial charge in [0.05, 0.1) is 10.6 Å². The lowest BCUT2D eigenvalue weighted by molar-refractivity contribution is 0.222. The highest BCUT2D eigenvalue weighted by Crippen LogP contribution is 2.43. The number of carbonyl (C=O) groups is 1. The van der Waals surface area contributed by atoms with Crippen molar-refractivity contribution in [2.75, 3.05) is 12.0 Å². The van der Waals surface area contributed by atoms with Gasteiger partial charge in [0.1, 0.15) is 0 Å². The molecule has 0 saturated carbocycles. The average molecular weight is 242 g/mol. The SMILES string of the molecule is CCN1Nc2cccc(SC(=O)O)c2S1. The van der Waals surface area contributed by atoms with Crippen molar-refractivity contribution in [2.24, 2.45) is 0 Å². The fourth-order valence-electron chi connectivity index (χ4n) is 1.28. The molecule has 0 fully saturated rings. The van der Waals surface area contributed by atoms with Gasteiger partial charge >= 0.3 is 5.30 Å². The molecular weight excluding hydrogens is 232 g/mol. The lowest BCUT2D eigenvalue weighted by Gasteiger charge is -2.09. The zero-order chi connectivity index (χ0) is 10.8. The molecule has 2 rings (SSSR count). The van der Waals surface area contributed by atoms with Crippen molar-refractivity contribution in [3.05, 3.63) is 18.2 Å². The molecule has 15 heavy (non-hydrogen) atoms. The fourth-order valence-corrected chi connectivity index (χ4v) is 2.92. The lowest BCUT2D eigenvalue weighted by Crippen LogP contribution is -2.16. The molecule has 1 aromatic carbocycles. The molecule has 0 saturated heterocycles. The van der Waals surface area contributed by atoms with Crippen LogP contribution in [-0.4, -0.2) is 21.4 Å². The lowest BCUT2D eigenvalue weighted by atomic mass is 10.3. The maximum absolute atomic E-state index is 10.6. The Hall–Kier alpha value is -0.850. The van der Waals surface area contributed by atoms with Crippen LogP contribution in [0.5, 0.6) is 0 Å². The summed E-state index contributed by atoms with van der Waals surface area (Å²) in [5, 5.41) is 7.86. The second kappa shape index (κ2) is 4.34. The number of benzene rings is 1. The molecule has 0 aliphatic carbocycles. The van der Waals surface area contributed by atoms with Gasteiger partial charge in [0, 0.05) is 11.4 Å². The summed E-state index contributed by atoms with van der Waals surface area (Å²) in [6.07, 6.45) is 0. The number of hydrogen-bond donors (Lipinski definition) is 2. The van der Waals surface area contributed by atoms with Crippen LogP contribution >= 0.6 is 23.7 Å². The molecule has 80 valence electrons. The summed E-state index contributed by atoms with van der Waals surface area (Å²) >= 11 is 2.39. The van der Waals surface area contributed by atoms with Gasteiger partial charge in [0.2, 0.25) is 0 Å². The van der Waals surface area contributed by atoms with Crippen molar-refractivity contribution in [1.82, 2.24) is 4.41 Å². The Kier molecular flexibility index (Phi) is 3.08. The monoisotopic (exact) mass is 242 g/mol. The first kappa shape index (κ1) is 10.7. The van der Waals surface area contributed by atoms with Gasteiger partial charge in [-0.05, 0) is 42.8 Å². The molecule has 0 atom stereocenters. The third-order valence-corrected chi connectivity index (χ3v) is 3.97. The molecule has 2 N–H and O–H groups in total. The first-order valence-corrected chi connectivity index (χ1v) is 6.05. The number of carboxylic acid groups (broad SMARTS) is 1. The van der Waals surface area contributed by atoms with E-state index in [1.165, 1.54) is 0 Å². The van der Waals surface area contributed by atoms with Crippen molar-refractivity contribution in [2.45, 2.75) is 16.7 Å². The summed E-state index contributed by atoms with van der Waals surface area (Å²) in [6, 6.07) is 5.63. The standard InChI is InChI=1S/C9H10N2O2S2/c1-2-11-10-6-4-3-5-7(8(6)15-11)14-9(12)13/h3-5,10H,2H2,1H3,(H,12,13). The van der Waals surface area contributed by atoms with Gasteiger partial charge in [0.15, 0.2) is 0 Å². The molecule has 0 radical (unpaired) electrons. The summed E-state index contributed by atoms with van der Waals surface area (Å²) in [6.45, 7) is 2.90. The molecule has 1 heterocycles. The van der Waals surface area contributed by atoms with E-state index in [9.17, 15) is 4.79 Å². The highest BCUT2D eigenvalue weighted by atomic mass is 32.2. The van der Waals surface area contributed by atoms with Gasteiger partial charge in [-0.1, -0.05) is 6.07 Å². The predicted octanol–water partition coefficient (Wildman–Crippen LogP) is 3.13. The van der Waals surface area contributed by atoms with Crippen LogP contribution in [0.25, 0.3) is 0 Å². The normalized spacial score (nSPS) is 14.7. The van der Waals surface area contributed by atoms with E-state index in [1.54, 1.807) is 11.9 Å². The van der Waals surface area contributed by atoms with E-state index >= 15 is 0 Å². The summed E-state index contributed by atoms with van der Waals surface area (Å²) in [7, 11) is 0. The molecule has 0 amide bonds. The van der Waals surface area contributed by atoms with Gasteiger partial charge in [-0.25, -0.2) is 4.79 Å². The number of rotatable bonds is 2. The van der Waals surface area contributed by atoms with Crippen molar-refractivity contribution in [1.29, 1.82) is 0 Å². The van der Waals surface area contributed by atoms with E-state index in [0.717, 1.165) is 33.8 Å². The van der Waals surface area contributed by atoms with E-state index in [1.807, 2.05) is 29.5 Å². The predicted molar refractivity (Wildman–Crippen MR) is 62.2 cm³/mol. The molecule has 1 aliphatic rings.